The van der Waals surface area contributed by atoms with Gasteiger partial charge in [0, 0.05) is 12.2 Å². The van der Waals surface area contributed by atoms with Gasteiger partial charge >= 0.3 is 6.18 Å². The number of halogens is 3. The van der Waals surface area contributed by atoms with Gasteiger partial charge in [-0.25, -0.2) is 0 Å². The monoisotopic (exact) mass is 232 g/mol. The van der Waals surface area contributed by atoms with Crippen LogP contribution in [-0.2, 0) is 0 Å². The maximum atomic E-state index is 12.4. The summed E-state index contributed by atoms with van der Waals surface area (Å²) in [6.07, 6.45) is -4.33. The minimum absolute atomic E-state index is 0.441. The summed E-state index contributed by atoms with van der Waals surface area (Å²) in [6, 6.07) is 3.39. The molecule has 0 bridgehead atoms. The summed E-state index contributed by atoms with van der Waals surface area (Å²) in [7, 11) is 0. The SMILES string of the molecule is Cc1ccc(NC(CN)C(F)(F)F)cc1C. The Morgan fingerprint density at radius 2 is 1.88 bits per heavy atom. The summed E-state index contributed by atoms with van der Waals surface area (Å²) < 4.78 is 37.3. The summed E-state index contributed by atoms with van der Waals surface area (Å²) in [5.41, 5.74) is 7.52. The van der Waals surface area contributed by atoms with Gasteiger partial charge in [0.05, 0.1) is 0 Å². The van der Waals surface area contributed by atoms with E-state index >= 15 is 0 Å². The third-order valence-corrected chi connectivity index (χ3v) is 2.48. The Labute approximate surface area is 92.6 Å². The van der Waals surface area contributed by atoms with Gasteiger partial charge in [-0.1, -0.05) is 6.07 Å². The Kier molecular flexibility index (Phi) is 3.80. The number of anilines is 1. The second kappa shape index (κ2) is 4.74. The molecule has 1 atom stereocenters. The molecular formula is C11H15F3N2. The lowest BCUT2D eigenvalue weighted by Gasteiger charge is -2.21. The molecule has 0 aliphatic rings. The van der Waals surface area contributed by atoms with Gasteiger partial charge in [0.1, 0.15) is 6.04 Å². The fourth-order valence-corrected chi connectivity index (χ4v) is 1.31. The molecule has 0 aromatic heterocycles. The summed E-state index contributed by atoms with van der Waals surface area (Å²) in [5, 5.41) is 2.39. The maximum absolute atomic E-state index is 12.4. The lowest BCUT2D eigenvalue weighted by Crippen LogP contribution is -2.42. The number of alkyl halides is 3. The Morgan fingerprint density at radius 1 is 1.25 bits per heavy atom. The molecule has 0 radical (unpaired) electrons. The highest BCUT2D eigenvalue weighted by atomic mass is 19.4. The Balaban J connectivity index is 2.83. The van der Waals surface area contributed by atoms with Crippen LogP contribution in [0.4, 0.5) is 18.9 Å². The summed E-state index contributed by atoms with van der Waals surface area (Å²) in [6.45, 7) is 3.28. The fourth-order valence-electron chi connectivity index (χ4n) is 1.31. The number of hydrogen-bond donors (Lipinski definition) is 2. The minimum atomic E-state index is -4.33. The molecule has 90 valence electrons. The molecule has 1 aromatic rings. The van der Waals surface area contributed by atoms with E-state index < -0.39 is 18.8 Å². The zero-order valence-electron chi connectivity index (χ0n) is 9.23. The van der Waals surface area contributed by atoms with Crippen LogP contribution in [0.5, 0.6) is 0 Å². The Morgan fingerprint density at radius 3 is 2.31 bits per heavy atom. The van der Waals surface area contributed by atoms with E-state index in [-0.39, 0.29) is 0 Å². The number of aryl methyl sites for hydroxylation is 2. The van der Waals surface area contributed by atoms with Crippen molar-refractivity contribution in [2.45, 2.75) is 26.1 Å². The van der Waals surface area contributed by atoms with Crippen LogP contribution in [0, 0.1) is 13.8 Å². The van der Waals surface area contributed by atoms with Gasteiger partial charge in [-0.15, -0.1) is 0 Å². The Bertz CT molecular complexity index is 361. The smallest absolute Gasteiger partial charge is 0.373 e. The molecule has 0 heterocycles. The first-order chi connectivity index (χ1) is 7.34. The van der Waals surface area contributed by atoms with Crippen molar-refractivity contribution in [1.82, 2.24) is 0 Å². The lowest BCUT2D eigenvalue weighted by molar-refractivity contribution is -0.140. The minimum Gasteiger partial charge on any atom is -0.373 e. The van der Waals surface area contributed by atoms with E-state index in [4.69, 9.17) is 5.73 Å². The van der Waals surface area contributed by atoms with Crippen molar-refractivity contribution >= 4 is 5.69 Å². The molecule has 1 aromatic carbocycles. The highest BCUT2D eigenvalue weighted by Crippen LogP contribution is 2.24. The topological polar surface area (TPSA) is 38.0 Å². The van der Waals surface area contributed by atoms with Crippen LogP contribution in [0.3, 0.4) is 0 Å². The molecule has 0 spiro atoms. The van der Waals surface area contributed by atoms with Crippen molar-refractivity contribution in [1.29, 1.82) is 0 Å². The predicted molar refractivity (Wildman–Crippen MR) is 58.4 cm³/mol. The van der Waals surface area contributed by atoms with Gasteiger partial charge in [0.2, 0.25) is 0 Å². The number of rotatable bonds is 3. The maximum Gasteiger partial charge on any atom is 0.409 e. The van der Waals surface area contributed by atoms with Gasteiger partial charge in [0.15, 0.2) is 0 Å². The van der Waals surface area contributed by atoms with Crippen LogP contribution in [0.1, 0.15) is 11.1 Å². The molecule has 1 rings (SSSR count). The molecule has 2 nitrogen and oxygen atoms in total. The number of hydrogen-bond acceptors (Lipinski definition) is 2. The highest BCUT2D eigenvalue weighted by molar-refractivity contribution is 5.49. The third kappa shape index (κ3) is 3.13. The van der Waals surface area contributed by atoms with Crippen LogP contribution < -0.4 is 11.1 Å². The molecule has 0 amide bonds. The quantitative estimate of drug-likeness (QED) is 0.840. The summed E-state index contributed by atoms with van der Waals surface area (Å²) in [5.74, 6) is 0. The highest BCUT2D eigenvalue weighted by Gasteiger charge is 2.38. The van der Waals surface area contributed by atoms with Crippen molar-refractivity contribution in [3.05, 3.63) is 29.3 Å². The lowest BCUT2D eigenvalue weighted by atomic mass is 10.1. The first-order valence-corrected chi connectivity index (χ1v) is 4.95. The van der Waals surface area contributed by atoms with E-state index in [1.54, 1.807) is 18.2 Å². The van der Waals surface area contributed by atoms with Crippen LogP contribution in [-0.4, -0.2) is 18.8 Å². The molecule has 5 heteroatoms. The molecule has 0 saturated heterocycles. The van der Waals surface area contributed by atoms with E-state index in [0.717, 1.165) is 11.1 Å². The van der Waals surface area contributed by atoms with Crippen LogP contribution in [0.15, 0.2) is 18.2 Å². The average Bonchev–Trinajstić information content (AvgIpc) is 2.18. The normalized spacial score (nSPS) is 13.6. The van der Waals surface area contributed by atoms with Gasteiger partial charge < -0.3 is 11.1 Å². The average molecular weight is 232 g/mol. The zero-order chi connectivity index (χ0) is 12.3. The van der Waals surface area contributed by atoms with Crippen LogP contribution in [0.2, 0.25) is 0 Å². The second-order valence-corrected chi connectivity index (χ2v) is 3.77. The van der Waals surface area contributed by atoms with E-state index in [1.165, 1.54) is 0 Å². The van der Waals surface area contributed by atoms with E-state index in [0.29, 0.717) is 5.69 Å². The van der Waals surface area contributed by atoms with Crippen LogP contribution in [0.25, 0.3) is 0 Å². The van der Waals surface area contributed by atoms with Gasteiger partial charge in [-0.2, -0.15) is 13.2 Å². The van der Waals surface area contributed by atoms with Crippen molar-refractivity contribution in [2.24, 2.45) is 5.73 Å². The standard InChI is InChI=1S/C11H15F3N2/c1-7-3-4-9(5-8(7)2)16-10(6-15)11(12,13)14/h3-5,10,16H,6,15H2,1-2H3. The summed E-state index contributed by atoms with van der Waals surface area (Å²) >= 11 is 0. The first-order valence-electron chi connectivity index (χ1n) is 4.95. The molecule has 0 fully saturated rings. The molecule has 0 aliphatic heterocycles. The number of nitrogens with one attached hydrogen (secondary N) is 1. The molecule has 3 N–H and O–H groups in total. The zero-order valence-corrected chi connectivity index (χ0v) is 9.23. The summed E-state index contributed by atoms with van der Waals surface area (Å²) in [4.78, 5) is 0. The van der Waals surface area contributed by atoms with Crippen molar-refractivity contribution in [2.75, 3.05) is 11.9 Å². The van der Waals surface area contributed by atoms with E-state index in [1.807, 2.05) is 13.8 Å². The van der Waals surface area contributed by atoms with Crippen molar-refractivity contribution < 1.29 is 13.2 Å². The fraction of sp³-hybridized carbons (Fsp3) is 0.455. The van der Waals surface area contributed by atoms with Gasteiger partial charge in [-0.3, -0.25) is 0 Å². The molecule has 1 unspecified atom stereocenters. The molecule has 16 heavy (non-hydrogen) atoms. The van der Waals surface area contributed by atoms with Crippen molar-refractivity contribution in [3.63, 3.8) is 0 Å². The molecular weight excluding hydrogens is 217 g/mol. The predicted octanol–water partition coefficient (Wildman–Crippen LogP) is 2.60. The number of benzene rings is 1. The number of nitrogens with two attached hydrogens (primary N) is 1. The van der Waals surface area contributed by atoms with Crippen LogP contribution >= 0.6 is 0 Å². The largest absolute Gasteiger partial charge is 0.409 e. The van der Waals surface area contributed by atoms with Gasteiger partial charge in [-0.05, 0) is 37.1 Å². The third-order valence-electron chi connectivity index (χ3n) is 2.48. The molecule has 0 saturated carbocycles. The van der Waals surface area contributed by atoms with E-state index in [2.05, 4.69) is 5.32 Å². The Hall–Kier alpha value is -1.23. The van der Waals surface area contributed by atoms with E-state index in [9.17, 15) is 13.2 Å². The van der Waals surface area contributed by atoms with Crippen molar-refractivity contribution in [3.8, 4) is 0 Å². The van der Waals surface area contributed by atoms with Gasteiger partial charge in [0.25, 0.3) is 0 Å². The first kappa shape index (κ1) is 12.8. The second-order valence-electron chi connectivity index (χ2n) is 3.77. The molecule has 0 aliphatic carbocycles.